The van der Waals surface area contributed by atoms with Crippen LogP contribution < -0.4 is 5.32 Å². The summed E-state index contributed by atoms with van der Waals surface area (Å²) in [6.45, 7) is 6.22. The molecule has 4 aliphatic rings. The molecule has 0 spiro atoms. The molecule has 1 atom stereocenters. The highest BCUT2D eigenvalue weighted by molar-refractivity contribution is 5.03. The van der Waals surface area contributed by atoms with E-state index in [0.717, 1.165) is 23.2 Å². The average molecular weight is 261 g/mol. The van der Waals surface area contributed by atoms with Gasteiger partial charge in [-0.1, -0.05) is 5.57 Å². The summed E-state index contributed by atoms with van der Waals surface area (Å²) in [5.41, 5.74) is 2.06. The zero-order valence-corrected chi connectivity index (χ0v) is 12.9. The number of hydrogen-bond acceptors (Lipinski definition) is 1. The summed E-state index contributed by atoms with van der Waals surface area (Å²) >= 11 is 0. The predicted octanol–water partition coefficient (Wildman–Crippen LogP) is 4.54. The van der Waals surface area contributed by atoms with Crippen molar-refractivity contribution in [1.82, 2.24) is 5.32 Å². The van der Waals surface area contributed by atoms with E-state index >= 15 is 0 Å². The second-order valence-corrected chi connectivity index (χ2v) is 8.10. The molecule has 0 aromatic carbocycles. The highest BCUT2D eigenvalue weighted by Crippen LogP contribution is 2.61. The Balaban J connectivity index is 1.62. The van der Waals surface area contributed by atoms with Crippen molar-refractivity contribution in [1.29, 1.82) is 0 Å². The minimum absolute atomic E-state index is 0.716. The second kappa shape index (κ2) is 5.24. The van der Waals surface area contributed by atoms with E-state index in [1.54, 1.807) is 38.5 Å². The average Bonchev–Trinajstić information content (AvgIpc) is 2.32. The summed E-state index contributed by atoms with van der Waals surface area (Å²) in [6.07, 6.45) is 13.2. The normalized spacial score (nSPS) is 41.5. The van der Waals surface area contributed by atoms with Gasteiger partial charge in [0, 0.05) is 6.04 Å². The molecule has 1 unspecified atom stereocenters. The topological polar surface area (TPSA) is 12.0 Å². The van der Waals surface area contributed by atoms with Crippen molar-refractivity contribution < 1.29 is 0 Å². The molecule has 4 rings (SSSR count). The molecule has 0 saturated heterocycles. The first-order valence-electron chi connectivity index (χ1n) is 8.40. The first kappa shape index (κ1) is 13.7. The van der Waals surface area contributed by atoms with Crippen LogP contribution in [-0.4, -0.2) is 13.1 Å². The maximum Gasteiger partial charge on any atom is 0.00724 e. The monoisotopic (exact) mass is 261 g/mol. The number of rotatable bonds is 6. The SMILES string of the molecule is C=C(C)CCC(CC12CC3CC(CC(C3)C1)C2)NC. The maximum absolute atomic E-state index is 4.06. The fraction of sp³-hybridized carbons (Fsp3) is 0.889. The summed E-state index contributed by atoms with van der Waals surface area (Å²) < 4.78 is 0. The van der Waals surface area contributed by atoms with E-state index in [1.807, 2.05) is 0 Å². The second-order valence-electron chi connectivity index (χ2n) is 8.10. The Morgan fingerprint density at radius 2 is 1.68 bits per heavy atom. The van der Waals surface area contributed by atoms with E-state index in [9.17, 15) is 0 Å². The number of hydrogen-bond donors (Lipinski definition) is 1. The van der Waals surface area contributed by atoms with Gasteiger partial charge in [0.1, 0.15) is 0 Å². The lowest BCUT2D eigenvalue weighted by atomic mass is 9.48. The number of allylic oxidation sites excluding steroid dienone is 1. The Kier molecular flexibility index (Phi) is 3.77. The van der Waals surface area contributed by atoms with Crippen molar-refractivity contribution >= 4 is 0 Å². The van der Waals surface area contributed by atoms with Crippen molar-refractivity contribution in [3.63, 3.8) is 0 Å². The lowest BCUT2D eigenvalue weighted by molar-refractivity contribution is -0.0620. The Labute approximate surface area is 119 Å². The highest BCUT2D eigenvalue weighted by Gasteiger charge is 2.51. The van der Waals surface area contributed by atoms with E-state index in [2.05, 4.69) is 25.9 Å². The molecule has 0 radical (unpaired) electrons. The van der Waals surface area contributed by atoms with E-state index in [4.69, 9.17) is 0 Å². The number of nitrogens with one attached hydrogen (secondary N) is 1. The third-order valence-electron chi connectivity index (χ3n) is 6.17. The summed E-state index contributed by atoms with van der Waals surface area (Å²) in [5, 5.41) is 3.59. The molecule has 4 bridgehead atoms. The van der Waals surface area contributed by atoms with Gasteiger partial charge in [0.15, 0.2) is 0 Å². The quantitative estimate of drug-likeness (QED) is 0.692. The first-order chi connectivity index (χ1) is 9.08. The minimum Gasteiger partial charge on any atom is -0.317 e. The van der Waals surface area contributed by atoms with Crippen LogP contribution in [0.5, 0.6) is 0 Å². The maximum atomic E-state index is 4.06. The van der Waals surface area contributed by atoms with Crippen LogP contribution in [0.15, 0.2) is 12.2 Å². The molecule has 108 valence electrons. The molecule has 1 nitrogen and oxygen atoms in total. The lowest BCUT2D eigenvalue weighted by Gasteiger charge is -2.57. The van der Waals surface area contributed by atoms with Gasteiger partial charge in [0.05, 0.1) is 0 Å². The largest absolute Gasteiger partial charge is 0.317 e. The summed E-state index contributed by atoms with van der Waals surface area (Å²) in [6, 6.07) is 0.716. The van der Waals surface area contributed by atoms with Crippen LogP contribution >= 0.6 is 0 Å². The van der Waals surface area contributed by atoms with Gasteiger partial charge in [-0.05, 0) is 94.9 Å². The van der Waals surface area contributed by atoms with Gasteiger partial charge in [0.25, 0.3) is 0 Å². The van der Waals surface area contributed by atoms with Crippen LogP contribution in [0.2, 0.25) is 0 Å². The third kappa shape index (κ3) is 2.91. The van der Waals surface area contributed by atoms with Crippen LogP contribution in [0, 0.1) is 23.2 Å². The molecule has 4 aliphatic carbocycles. The smallest absolute Gasteiger partial charge is 0.00724 e. The molecular formula is C18H31N. The van der Waals surface area contributed by atoms with Crippen molar-refractivity contribution in [3.8, 4) is 0 Å². The molecular weight excluding hydrogens is 230 g/mol. The summed E-state index contributed by atoms with van der Waals surface area (Å²) in [7, 11) is 2.16. The van der Waals surface area contributed by atoms with Gasteiger partial charge in [-0.3, -0.25) is 0 Å². The third-order valence-corrected chi connectivity index (χ3v) is 6.17. The molecule has 0 heterocycles. The minimum atomic E-state index is 0.716. The zero-order chi connectivity index (χ0) is 13.5. The van der Waals surface area contributed by atoms with Crippen LogP contribution in [0.3, 0.4) is 0 Å². The first-order valence-corrected chi connectivity index (χ1v) is 8.40. The summed E-state index contributed by atoms with van der Waals surface area (Å²) in [4.78, 5) is 0. The fourth-order valence-corrected chi connectivity index (χ4v) is 5.83. The molecule has 19 heavy (non-hydrogen) atoms. The van der Waals surface area contributed by atoms with Crippen LogP contribution in [0.4, 0.5) is 0 Å². The molecule has 0 aliphatic heterocycles. The van der Waals surface area contributed by atoms with E-state index in [0.29, 0.717) is 6.04 Å². The highest BCUT2D eigenvalue weighted by atomic mass is 14.9. The lowest BCUT2D eigenvalue weighted by Crippen LogP contribution is -2.48. The predicted molar refractivity (Wildman–Crippen MR) is 82.1 cm³/mol. The Morgan fingerprint density at radius 1 is 1.16 bits per heavy atom. The Morgan fingerprint density at radius 3 is 2.11 bits per heavy atom. The Bertz CT molecular complexity index is 308. The molecule has 1 N–H and O–H groups in total. The van der Waals surface area contributed by atoms with Gasteiger partial charge in [-0.2, -0.15) is 0 Å². The van der Waals surface area contributed by atoms with Gasteiger partial charge in [-0.25, -0.2) is 0 Å². The van der Waals surface area contributed by atoms with Crippen molar-refractivity contribution in [2.75, 3.05) is 7.05 Å². The van der Waals surface area contributed by atoms with Crippen molar-refractivity contribution in [2.24, 2.45) is 23.2 Å². The fourth-order valence-electron chi connectivity index (χ4n) is 5.83. The van der Waals surface area contributed by atoms with E-state index in [1.165, 1.54) is 24.8 Å². The standard InChI is InChI=1S/C18H31N/c1-13(2)4-5-17(19-3)12-18-9-14-6-15(10-18)8-16(7-14)11-18/h14-17,19H,1,4-12H2,2-3H3. The molecule has 1 heteroatoms. The van der Waals surface area contributed by atoms with Crippen LogP contribution in [0.25, 0.3) is 0 Å². The van der Waals surface area contributed by atoms with Crippen LogP contribution in [0.1, 0.15) is 64.7 Å². The van der Waals surface area contributed by atoms with Gasteiger partial charge < -0.3 is 5.32 Å². The zero-order valence-electron chi connectivity index (χ0n) is 12.9. The van der Waals surface area contributed by atoms with E-state index in [-0.39, 0.29) is 0 Å². The van der Waals surface area contributed by atoms with Gasteiger partial charge in [-0.15, -0.1) is 6.58 Å². The van der Waals surface area contributed by atoms with E-state index < -0.39 is 0 Å². The Hall–Kier alpha value is -0.300. The summed E-state index contributed by atoms with van der Waals surface area (Å²) in [5.74, 6) is 3.26. The molecule has 0 aromatic heterocycles. The molecule has 4 saturated carbocycles. The van der Waals surface area contributed by atoms with Gasteiger partial charge in [0.2, 0.25) is 0 Å². The van der Waals surface area contributed by atoms with Crippen molar-refractivity contribution in [2.45, 2.75) is 70.8 Å². The van der Waals surface area contributed by atoms with Crippen LogP contribution in [-0.2, 0) is 0 Å². The molecule has 0 amide bonds. The molecule has 4 fully saturated rings. The van der Waals surface area contributed by atoms with Crippen molar-refractivity contribution in [3.05, 3.63) is 12.2 Å². The van der Waals surface area contributed by atoms with Gasteiger partial charge >= 0.3 is 0 Å². The molecule has 0 aromatic rings.